The maximum absolute atomic E-state index is 11.5. The minimum atomic E-state index is 0.427. The standard InChI is InChI=1S/C11H17NO/c1-12-9-5-6-10-8(7-9)3-2-4-11(10)13/h9,12H,2-7H2,1H3. The summed E-state index contributed by atoms with van der Waals surface area (Å²) in [7, 11) is 2.01. The highest BCUT2D eigenvalue weighted by molar-refractivity contribution is 5.97. The number of nitrogens with one attached hydrogen (secondary N) is 1. The molecule has 2 aliphatic carbocycles. The van der Waals surface area contributed by atoms with Crippen molar-refractivity contribution in [2.45, 2.75) is 44.6 Å². The molecule has 0 saturated heterocycles. The Morgan fingerprint density at radius 3 is 2.92 bits per heavy atom. The Kier molecular flexibility index (Phi) is 2.49. The minimum absolute atomic E-state index is 0.427. The van der Waals surface area contributed by atoms with E-state index in [-0.39, 0.29) is 0 Å². The quantitative estimate of drug-likeness (QED) is 0.665. The molecule has 0 heterocycles. The lowest BCUT2D eigenvalue weighted by molar-refractivity contribution is -0.116. The normalized spacial score (nSPS) is 29.0. The van der Waals surface area contributed by atoms with Crippen LogP contribution in [0.5, 0.6) is 0 Å². The molecule has 2 rings (SSSR count). The van der Waals surface area contributed by atoms with E-state index in [1.54, 1.807) is 0 Å². The molecule has 13 heavy (non-hydrogen) atoms. The molecule has 0 aliphatic heterocycles. The van der Waals surface area contributed by atoms with Gasteiger partial charge in [-0.15, -0.1) is 0 Å². The van der Waals surface area contributed by atoms with E-state index in [1.165, 1.54) is 17.6 Å². The molecule has 72 valence electrons. The van der Waals surface area contributed by atoms with Crippen molar-refractivity contribution in [3.8, 4) is 0 Å². The number of hydrogen-bond acceptors (Lipinski definition) is 2. The minimum Gasteiger partial charge on any atom is -0.317 e. The van der Waals surface area contributed by atoms with E-state index in [0.717, 1.165) is 32.1 Å². The number of hydrogen-bond donors (Lipinski definition) is 1. The lowest BCUT2D eigenvalue weighted by atomic mass is 9.79. The monoisotopic (exact) mass is 179 g/mol. The van der Waals surface area contributed by atoms with Crippen molar-refractivity contribution in [2.75, 3.05) is 7.05 Å². The van der Waals surface area contributed by atoms with Gasteiger partial charge in [0.15, 0.2) is 5.78 Å². The van der Waals surface area contributed by atoms with Gasteiger partial charge in [-0.3, -0.25) is 4.79 Å². The van der Waals surface area contributed by atoms with Gasteiger partial charge in [-0.1, -0.05) is 5.57 Å². The van der Waals surface area contributed by atoms with Crippen LogP contribution in [0.3, 0.4) is 0 Å². The van der Waals surface area contributed by atoms with Crippen LogP contribution in [0.15, 0.2) is 11.1 Å². The fourth-order valence-electron chi connectivity index (χ4n) is 2.47. The zero-order valence-corrected chi connectivity index (χ0v) is 8.23. The number of allylic oxidation sites excluding steroid dienone is 1. The maximum Gasteiger partial charge on any atom is 0.158 e. The molecule has 0 radical (unpaired) electrons. The second-order valence-corrected chi connectivity index (χ2v) is 4.09. The first kappa shape index (κ1) is 8.95. The maximum atomic E-state index is 11.5. The van der Waals surface area contributed by atoms with E-state index < -0.39 is 0 Å². The van der Waals surface area contributed by atoms with Gasteiger partial charge in [0.05, 0.1) is 0 Å². The lowest BCUT2D eigenvalue weighted by Gasteiger charge is -2.29. The summed E-state index contributed by atoms with van der Waals surface area (Å²) in [6, 6.07) is 0.615. The molecule has 0 aromatic heterocycles. The van der Waals surface area contributed by atoms with Gasteiger partial charge in [0.1, 0.15) is 0 Å². The van der Waals surface area contributed by atoms with E-state index in [4.69, 9.17) is 0 Å². The molecule has 0 amide bonds. The summed E-state index contributed by atoms with van der Waals surface area (Å²) in [6.45, 7) is 0. The van der Waals surface area contributed by atoms with E-state index in [9.17, 15) is 4.79 Å². The average molecular weight is 179 g/mol. The van der Waals surface area contributed by atoms with Gasteiger partial charge >= 0.3 is 0 Å². The van der Waals surface area contributed by atoms with Crippen LogP contribution >= 0.6 is 0 Å². The highest BCUT2D eigenvalue weighted by Gasteiger charge is 2.26. The Bertz CT molecular complexity index is 255. The predicted molar refractivity (Wildman–Crippen MR) is 52.6 cm³/mol. The zero-order valence-electron chi connectivity index (χ0n) is 8.23. The van der Waals surface area contributed by atoms with Crippen LogP contribution in [-0.2, 0) is 4.79 Å². The molecular formula is C11H17NO. The Balaban J connectivity index is 2.16. The van der Waals surface area contributed by atoms with Crippen molar-refractivity contribution < 1.29 is 4.79 Å². The molecule has 0 saturated carbocycles. The molecule has 2 heteroatoms. The first-order valence-electron chi connectivity index (χ1n) is 5.22. The number of ketones is 1. The summed E-state index contributed by atoms with van der Waals surface area (Å²) in [5, 5.41) is 3.31. The summed E-state index contributed by atoms with van der Waals surface area (Å²) < 4.78 is 0. The molecule has 0 bridgehead atoms. The number of Topliss-reactive ketones (excluding diaryl/α,β-unsaturated/α-hetero) is 1. The average Bonchev–Trinajstić information content (AvgIpc) is 2.18. The molecule has 1 atom stereocenters. The topological polar surface area (TPSA) is 29.1 Å². The summed E-state index contributed by atoms with van der Waals surface area (Å²) in [4.78, 5) is 11.5. The lowest BCUT2D eigenvalue weighted by Crippen LogP contribution is -2.31. The van der Waals surface area contributed by atoms with E-state index >= 15 is 0 Å². The van der Waals surface area contributed by atoms with E-state index in [2.05, 4.69) is 5.32 Å². The molecule has 1 N–H and O–H groups in total. The summed E-state index contributed by atoms with van der Waals surface area (Å²) >= 11 is 0. The Morgan fingerprint density at radius 2 is 2.15 bits per heavy atom. The smallest absolute Gasteiger partial charge is 0.158 e. The first-order valence-corrected chi connectivity index (χ1v) is 5.22. The van der Waals surface area contributed by atoms with Crippen molar-refractivity contribution in [3.05, 3.63) is 11.1 Å². The fourth-order valence-corrected chi connectivity index (χ4v) is 2.47. The molecule has 1 unspecified atom stereocenters. The van der Waals surface area contributed by atoms with Crippen molar-refractivity contribution in [1.29, 1.82) is 0 Å². The molecule has 2 nitrogen and oxygen atoms in total. The van der Waals surface area contributed by atoms with Crippen LogP contribution in [-0.4, -0.2) is 18.9 Å². The molecule has 2 aliphatic rings. The third-order valence-electron chi connectivity index (χ3n) is 3.29. The zero-order chi connectivity index (χ0) is 9.26. The molecule has 0 aromatic carbocycles. The third-order valence-corrected chi connectivity index (χ3v) is 3.29. The van der Waals surface area contributed by atoms with Gasteiger partial charge in [0, 0.05) is 12.5 Å². The van der Waals surface area contributed by atoms with Gasteiger partial charge in [0.2, 0.25) is 0 Å². The summed E-state index contributed by atoms with van der Waals surface area (Å²) in [5.74, 6) is 0.427. The van der Waals surface area contributed by atoms with Crippen LogP contribution in [0.1, 0.15) is 38.5 Å². The highest BCUT2D eigenvalue weighted by Crippen LogP contribution is 2.33. The van der Waals surface area contributed by atoms with Gasteiger partial charge in [-0.2, -0.15) is 0 Å². The molecular weight excluding hydrogens is 162 g/mol. The molecule has 0 aromatic rings. The highest BCUT2D eigenvalue weighted by atomic mass is 16.1. The van der Waals surface area contributed by atoms with Crippen molar-refractivity contribution in [2.24, 2.45) is 0 Å². The molecule has 0 fully saturated rings. The number of carbonyl (C=O) groups is 1. The van der Waals surface area contributed by atoms with Gasteiger partial charge in [0.25, 0.3) is 0 Å². The Hall–Kier alpha value is -0.630. The Morgan fingerprint density at radius 1 is 1.31 bits per heavy atom. The van der Waals surface area contributed by atoms with Gasteiger partial charge < -0.3 is 5.32 Å². The SMILES string of the molecule is CNC1CCC2=C(CCCC2=O)C1. The van der Waals surface area contributed by atoms with Crippen LogP contribution in [0.25, 0.3) is 0 Å². The van der Waals surface area contributed by atoms with E-state index in [0.29, 0.717) is 11.8 Å². The largest absolute Gasteiger partial charge is 0.317 e. The van der Waals surface area contributed by atoms with Crippen LogP contribution in [0.2, 0.25) is 0 Å². The predicted octanol–water partition coefficient (Wildman–Crippen LogP) is 1.81. The summed E-state index contributed by atoms with van der Waals surface area (Å²) in [6.07, 6.45) is 6.30. The number of rotatable bonds is 1. The Labute approximate surface area is 79.4 Å². The van der Waals surface area contributed by atoms with E-state index in [1.807, 2.05) is 7.05 Å². The van der Waals surface area contributed by atoms with Crippen LogP contribution in [0, 0.1) is 0 Å². The van der Waals surface area contributed by atoms with Crippen molar-refractivity contribution in [1.82, 2.24) is 5.32 Å². The van der Waals surface area contributed by atoms with Crippen LogP contribution in [0.4, 0.5) is 0 Å². The third kappa shape index (κ3) is 1.68. The molecule has 0 spiro atoms. The summed E-state index contributed by atoms with van der Waals surface area (Å²) in [5.41, 5.74) is 2.62. The van der Waals surface area contributed by atoms with Gasteiger partial charge in [-0.05, 0) is 44.7 Å². The number of carbonyl (C=O) groups excluding carboxylic acids is 1. The second-order valence-electron chi connectivity index (χ2n) is 4.09. The van der Waals surface area contributed by atoms with Gasteiger partial charge in [-0.25, -0.2) is 0 Å². The first-order chi connectivity index (χ1) is 6.31. The van der Waals surface area contributed by atoms with Crippen molar-refractivity contribution in [3.63, 3.8) is 0 Å². The fraction of sp³-hybridized carbons (Fsp3) is 0.727. The second kappa shape index (κ2) is 3.62. The van der Waals surface area contributed by atoms with Crippen LogP contribution < -0.4 is 5.32 Å². The van der Waals surface area contributed by atoms with Crippen molar-refractivity contribution >= 4 is 5.78 Å².